The molecule has 0 saturated carbocycles. The van der Waals surface area contributed by atoms with E-state index in [2.05, 4.69) is 72.2 Å². The summed E-state index contributed by atoms with van der Waals surface area (Å²) in [6.45, 7) is 10.2. The largest absolute Gasteiger partial charge is 0.356 e. The van der Waals surface area contributed by atoms with Crippen molar-refractivity contribution in [3.63, 3.8) is 0 Å². The van der Waals surface area contributed by atoms with Gasteiger partial charge >= 0.3 is 0 Å². The van der Waals surface area contributed by atoms with E-state index in [1.807, 2.05) is 0 Å². The van der Waals surface area contributed by atoms with Gasteiger partial charge in [-0.05, 0) is 19.8 Å². The van der Waals surface area contributed by atoms with Gasteiger partial charge in [0, 0.05) is 51.5 Å². The minimum atomic E-state index is 0.420. The van der Waals surface area contributed by atoms with Crippen molar-refractivity contribution < 1.29 is 0 Å². The second kappa shape index (κ2) is 9.09. The molecule has 0 aromatic heterocycles. The Labute approximate surface area is 143 Å². The molecule has 0 amide bonds. The summed E-state index contributed by atoms with van der Waals surface area (Å²) in [5, 5.41) is 0. The van der Waals surface area contributed by atoms with E-state index in [0.717, 1.165) is 13.1 Å². The quantitative estimate of drug-likeness (QED) is 0.567. The Balaban J connectivity index is 2.01. The molecule has 0 saturated heterocycles. The van der Waals surface area contributed by atoms with E-state index in [4.69, 9.17) is 0 Å². The minimum Gasteiger partial charge on any atom is -0.356 e. The maximum atomic E-state index is 2.55. The van der Waals surface area contributed by atoms with E-state index in [9.17, 15) is 0 Å². The van der Waals surface area contributed by atoms with Crippen molar-refractivity contribution in [3.05, 3.63) is 24.8 Å². The average molecular weight is 321 g/mol. The van der Waals surface area contributed by atoms with Gasteiger partial charge in [0.15, 0.2) is 0 Å². The van der Waals surface area contributed by atoms with Crippen LogP contribution in [0.3, 0.4) is 0 Å². The van der Waals surface area contributed by atoms with Gasteiger partial charge in [-0.2, -0.15) is 0 Å². The number of nitrogens with zero attached hydrogens (tertiary/aromatic N) is 4. The maximum Gasteiger partial charge on any atom is 0.141 e. The van der Waals surface area contributed by atoms with Crippen LogP contribution >= 0.6 is 0 Å². The van der Waals surface area contributed by atoms with E-state index in [1.54, 1.807) is 0 Å². The first-order valence-corrected chi connectivity index (χ1v) is 9.58. The Hall–Kier alpha value is -1.32. The van der Waals surface area contributed by atoms with Gasteiger partial charge in [-0.3, -0.25) is 0 Å². The molecule has 0 bridgehead atoms. The van der Waals surface area contributed by atoms with E-state index >= 15 is 0 Å². The van der Waals surface area contributed by atoms with Crippen LogP contribution in [0.2, 0.25) is 0 Å². The molecule has 0 aromatic carbocycles. The van der Waals surface area contributed by atoms with Crippen LogP contribution in [0.4, 0.5) is 0 Å². The van der Waals surface area contributed by atoms with E-state index < -0.39 is 0 Å². The summed E-state index contributed by atoms with van der Waals surface area (Å²) in [6.07, 6.45) is 17.8. The van der Waals surface area contributed by atoms with Gasteiger partial charge in [-0.15, -0.1) is 0 Å². The summed E-state index contributed by atoms with van der Waals surface area (Å²) < 4.78 is 0. The molecule has 0 spiro atoms. The second-order valence-corrected chi connectivity index (χ2v) is 6.81. The first-order chi connectivity index (χ1) is 11.2. The summed E-state index contributed by atoms with van der Waals surface area (Å²) in [5.74, 6) is 0. The summed E-state index contributed by atoms with van der Waals surface area (Å²) >= 11 is 0. The molecular weight excluding hydrogens is 284 g/mol. The Morgan fingerprint density at radius 2 is 1.26 bits per heavy atom. The monoisotopic (exact) mass is 320 g/mol. The topological polar surface area (TPSA) is 13.0 Å². The summed E-state index contributed by atoms with van der Waals surface area (Å²) in [4.78, 5) is 9.97. The highest BCUT2D eigenvalue weighted by atomic mass is 15.5. The summed E-state index contributed by atoms with van der Waals surface area (Å²) in [6, 6.07) is 0. The standard InChI is InChI=1S/C19H36N4/c1-5-8-10-11-13-22-15-14-20(4)18(22)19-21(7-3)16-17-23(19)12-9-6-2/h14-19H,5-13H2,1-4H3. The van der Waals surface area contributed by atoms with Crippen molar-refractivity contribution in [1.29, 1.82) is 0 Å². The Kier molecular flexibility index (Phi) is 7.13. The SMILES string of the molecule is CCCCCCN1C=CN(C)C1C1N(CC)C=CN1CCCC. The van der Waals surface area contributed by atoms with E-state index in [1.165, 1.54) is 45.1 Å². The second-order valence-electron chi connectivity index (χ2n) is 6.81. The van der Waals surface area contributed by atoms with Gasteiger partial charge in [0.05, 0.1) is 0 Å². The third-order valence-corrected chi connectivity index (χ3v) is 5.05. The average Bonchev–Trinajstić information content (AvgIpc) is 3.12. The molecule has 2 rings (SSSR count). The van der Waals surface area contributed by atoms with Crippen molar-refractivity contribution in [2.75, 3.05) is 26.7 Å². The highest BCUT2D eigenvalue weighted by Gasteiger charge is 2.39. The van der Waals surface area contributed by atoms with Gasteiger partial charge in [0.1, 0.15) is 12.3 Å². The number of likely N-dealkylation sites (N-methyl/N-ethyl adjacent to an activating group) is 2. The zero-order valence-corrected chi connectivity index (χ0v) is 15.6. The number of rotatable bonds is 10. The van der Waals surface area contributed by atoms with Crippen molar-refractivity contribution >= 4 is 0 Å². The fourth-order valence-corrected chi connectivity index (χ4v) is 3.63. The molecule has 2 aliphatic heterocycles. The lowest BCUT2D eigenvalue weighted by molar-refractivity contribution is 0.0151. The lowest BCUT2D eigenvalue weighted by Gasteiger charge is -2.43. The molecule has 0 N–H and O–H groups in total. The number of hydrogen-bond acceptors (Lipinski definition) is 4. The minimum absolute atomic E-state index is 0.420. The van der Waals surface area contributed by atoms with Crippen molar-refractivity contribution in [3.8, 4) is 0 Å². The molecular formula is C19H36N4. The molecule has 4 nitrogen and oxygen atoms in total. The fraction of sp³-hybridized carbons (Fsp3) is 0.789. The first-order valence-electron chi connectivity index (χ1n) is 9.58. The normalized spacial score (nSPS) is 23.7. The molecule has 2 aliphatic rings. The zero-order valence-electron chi connectivity index (χ0n) is 15.6. The molecule has 0 aliphatic carbocycles. The Bertz CT molecular complexity index is 393. The summed E-state index contributed by atoms with van der Waals surface area (Å²) in [7, 11) is 2.22. The molecule has 2 heterocycles. The highest BCUT2D eigenvalue weighted by Crippen LogP contribution is 2.28. The maximum absolute atomic E-state index is 2.55. The van der Waals surface area contributed by atoms with Crippen LogP contribution in [0.1, 0.15) is 59.3 Å². The Morgan fingerprint density at radius 1 is 0.652 bits per heavy atom. The van der Waals surface area contributed by atoms with Crippen LogP contribution < -0.4 is 0 Å². The third-order valence-electron chi connectivity index (χ3n) is 5.05. The van der Waals surface area contributed by atoms with E-state index in [0.29, 0.717) is 12.3 Å². The van der Waals surface area contributed by atoms with Crippen LogP contribution in [0.25, 0.3) is 0 Å². The van der Waals surface area contributed by atoms with Crippen molar-refractivity contribution in [2.45, 2.75) is 71.6 Å². The predicted molar refractivity (Wildman–Crippen MR) is 98.5 cm³/mol. The van der Waals surface area contributed by atoms with Crippen molar-refractivity contribution in [1.82, 2.24) is 19.6 Å². The predicted octanol–water partition coefficient (Wildman–Crippen LogP) is 3.85. The fourth-order valence-electron chi connectivity index (χ4n) is 3.63. The van der Waals surface area contributed by atoms with Crippen LogP contribution in [-0.4, -0.2) is 58.6 Å². The molecule has 23 heavy (non-hydrogen) atoms. The van der Waals surface area contributed by atoms with Crippen molar-refractivity contribution in [2.24, 2.45) is 0 Å². The van der Waals surface area contributed by atoms with Gasteiger partial charge in [0.2, 0.25) is 0 Å². The van der Waals surface area contributed by atoms with Crippen LogP contribution in [0, 0.1) is 0 Å². The van der Waals surface area contributed by atoms with Crippen LogP contribution in [-0.2, 0) is 0 Å². The third kappa shape index (κ3) is 4.36. The smallest absolute Gasteiger partial charge is 0.141 e. The number of unbranched alkanes of at least 4 members (excludes halogenated alkanes) is 4. The van der Waals surface area contributed by atoms with Crippen LogP contribution in [0.15, 0.2) is 24.8 Å². The Morgan fingerprint density at radius 3 is 1.96 bits per heavy atom. The van der Waals surface area contributed by atoms with E-state index in [-0.39, 0.29) is 0 Å². The molecule has 4 heteroatoms. The van der Waals surface area contributed by atoms with Crippen LogP contribution in [0.5, 0.6) is 0 Å². The molecule has 2 atom stereocenters. The summed E-state index contributed by atoms with van der Waals surface area (Å²) in [5.41, 5.74) is 0. The lowest BCUT2D eigenvalue weighted by Crippen LogP contribution is -2.57. The molecule has 132 valence electrons. The zero-order chi connectivity index (χ0) is 16.7. The molecule has 2 unspecified atom stereocenters. The molecule has 0 aromatic rings. The first kappa shape index (κ1) is 18.0. The molecule has 0 fully saturated rings. The van der Waals surface area contributed by atoms with Gasteiger partial charge < -0.3 is 19.6 Å². The highest BCUT2D eigenvalue weighted by molar-refractivity contribution is 5.07. The van der Waals surface area contributed by atoms with Gasteiger partial charge in [-0.25, -0.2) is 0 Å². The van der Waals surface area contributed by atoms with Gasteiger partial charge in [-0.1, -0.05) is 39.5 Å². The van der Waals surface area contributed by atoms with Gasteiger partial charge in [0.25, 0.3) is 0 Å². The number of hydrogen-bond donors (Lipinski definition) is 0. The molecule has 0 radical (unpaired) electrons. The lowest BCUT2D eigenvalue weighted by atomic mass is 10.2.